The Morgan fingerprint density at radius 3 is 2.26 bits per heavy atom. The largest absolute Gasteiger partial charge is 0.357 e. The summed E-state index contributed by atoms with van der Waals surface area (Å²) in [4.78, 5) is 65.9. The lowest BCUT2D eigenvalue weighted by Gasteiger charge is -2.53. The number of imide groups is 1. The van der Waals surface area contributed by atoms with Crippen molar-refractivity contribution >= 4 is 42.2 Å². The zero-order chi connectivity index (χ0) is 31.4. The number of hydrogen-bond donors (Lipinski definition) is 5. The van der Waals surface area contributed by atoms with E-state index in [4.69, 9.17) is 0 Å². The van der Waals surface area contributed by atoms with Crippen LogP contribution in [0.3, 0.4) is 0 Å². The van der Waals surface area contributed by atoms with Crippen LogP contribution in [0, 0.1) is 17.8 Å². The number of β-lactam (4-membered cyclic amide) rings is 1. The van der Waals surface area contributed by atoms with Gasteiger partial charge in [-0.25, -0.2) is 0 Å². The lowest BCUT2D eigenvalue weighted by atomic mass is 9.74. The van der Waals surface area contributed by atoms with Gasteiger partial charge in [-0.1, -0.05) is 45.7 Å². The number of carbonyl (C=O) groups excluding carboxylic acids is 5. The molecule has 6 N–H and O–H groups in total. The number of rotatable bonds is 10. The SMILES string of the molecule is CC(NC(=O)C1CCCCC1NC(=O)c1ccc(C(C)(C)C)cc1)C(C[NH3+])C(=O)N1C(=O)C(CNC(=O)CS)C1(C)C. The van der Waals surface area contributed by atoms with E-state index in [2.05, 4.69) is 55.1 Å². The summed E-state index contributed by atoms with van der Waals surface area (Å²) in [6.45, 7) is 12.0. The maximum absolute atomic E-state index is 13.5. The third kappa shape index (κ3) is 7.34. The van der Waals surface area contributed by atoms with Gasteiger partial charge in [-0.15, -0.1) is 0 Å². The average molecular weight is 603 g/mol. The lowest BCUT2D eigenvalue weighted by Crippen LogP contribution is -2.74. The van der Waals surface area contributed by atoms with Gasteiger partial charge in [-0.3, -0.25) is 28.9 Å². The van der Waals surface area contributed by atoms with E-state index >= 15 is 0 Å². The molecule has 10 nitrogen and oxygen atoms in total. The topological polar surface area (TPSA) is 152 Å². The van der Waals surface area contributed by atoms with Crippen LogP contribution in [0.15, 0.2) is 24.3 Å². The number of benzene rings is 1. The summed E-state index contributed by atoms with van der Waals surface area (Å²) in [5.74, 6) is -3.11. The standard InChI is InChI=1S/C31H47N5O5S/c1-18(22(15-32)28(40)36-29(41)23(31(36,5)6)16-33-25(37)17-42)34-27(39)21-9-7-8-10-24(21)35-26(38)19-11-13-20(14-12-19)30(2,3)4/h11-14,18,21-24,42H,7-10,15-17,32H2,1-6H3,(H,33,37)(H,34,39)(H,35,38)/p+1. The first-order valence-corrected chi connectivity index (χ1v) is 15.5. The summed E-state index contributed by atoms with van der Waals surface area (Å²) in [6.07, 6.45) is 3.11. The van der Waals surface area contributed by atoms with Crippen LogP contribution in [0.25, 0.3) is 0 Å². The molecule has 5 amide bonds. The number of amides is 5. The number of nitrogens with zero attached hydrogens (tertiary/aromatic N) is 1. The summed E-state index contributed by atoms with van der Waals surface area (Å²) >= 11 is 3.94. The molecule has 42 heavy (non-hydrogen) atoms. The van der Waals surface area contributed by atoms with E-state index in [-0.39, 0.29) is 53.9 Å². The predicted octanol–water partition coefficient (Wildman–Crippen LogP) is 1.45. The number of likely N-dealkylation sites (tertiary alicyclic amines) is 1. The summed E-state index contributed by atoms with van der Waals surface area (Å²) < 4.78 is 0. The van der Waals surface area contributed by atoms with E-state index in [0.29, 0.717) is 18.4 Å². The molecule has 2 fully saturated rings. The monoisotopic (exact) mass is 602 g/mol. The van der Waals surface area contributed by atoms with Gasteiger partial charge in [-0.2, -0.15) is 12.6 Å². The Bertz CT molecular complexity index is 1180. The number of carbonyl (C=O) groups is 5. The van der Waals surface area contributed by atoms with Crippen molar-refractivity contribution in [3.8, 4) is 0 Å². The molecular weight excluding hydrogens is 554 g/mol. The second kappa shape index (κ2) is 13.6. The zero-order valence-electron chi connectivity index (χ0n) is 25.8. The van der Waals surface area contributed by atoms with Crippen molar-refractivity contribution in [3.05, 3.63) is 35.4 Å². The first-order chi connectivity index (χ1) is 19.6. The Labute approximate surface area is 254 Å². The maximum Gasteiger partial charge on any atom is 0.251 e. The highest BCUT2D eigenvalue weighted by Crippen LogP contribution is 2.38. The molecule has 0 spiro atoms. The fourth-order valence-corrected chi connectivity index (χ4v) is 6.12. The van der Waals surface area contributed by atoms with E-state index < -0.39 is 35.2 Å². The third-order valence-electron chi connectivity index (χ3n) is 8.85. The Kier molecular flexibility index (Phi) is 10.9. The van der Waals surface area contributed by atoms with E-state index in [0.717, 1.165) is 18.4 Å². The van der Waals surface area contributed by atoms with Crippen molar-refractivity contribution in [3.63, 3.8) is 0 Å². The fourth-order valence-electron chi connectivity index (χ4n) is 6.01. The highest BCUT2D eigenvalue weighted by molar-refractivity contribution is 7.81. The molecule has 1 aliphatic carbocycles. The molecule has 2 aliphatic rings. The van der Waals surface area contributed by atoms with Gasteiger partial charge in [-0.05, 0) is 56.7 Å². The van der Waals surface area contributed by atoms with Gasteiger partial charge in [0.15, 0.2) is 0 Å². The van der Waals surface area contributed by atoms with Crippen molar-refractivity contribution in [2.45, 2.75) is 90.3 Å². The van der Waals surface area contributed by atoms with Gasteiger partial charge in [0, 0.05) is 24.2 Å². The second-order valence-corrected chi connectivity index (χ2v) is 13.5. The van der Waals surface area contributed by atoms with Crippen LogP contribution in [0.4, 0.5) is 0 Å². The Morgan fingerprint density at radius 2 is 1.71 bits per heavy atom. The molecule has 1 saturated carbocycles. The van der Waals surface area contributed by atoms with Crippen LogP contribution in [-0.4, -0.2) is 70.9 Å². The molecule has 1 heterocycles. The first-order valence-electron chi connectivity index (χ1n) is 14.9. The van der Waals surface area contributed by atoms with E-state index in [1.165, 1.54) is 4.90 Å². The zero-order valence-corrected chi connectivity index (χ0v) is 26.7. The fraction of sp³-hybridized carbons (Fsp3) is 0.645. The second-order valence-electron chi connectivity index (χ2n) is 13.2. The minimum atomic E-state index is -0.793. The highest BCUT2D eigenvalue weighted by atomic mass is 32.1. The molecule has 0 bridgehead atoms. The molecule has 1 saturated heterocycles. The summed E-state index contributed by atoms with van der Waals surface area (Å²) in [5.41, 5.74) is 4.80. The van der Waals surface area contributed by atoms with Crippen molar-refractivity contribution in [1.29, 1.82) is 0 Å². The summed E-state index contributed by atoms with van der Waals surface area (Å²) in [7, 11) is 0. The molecule has 0 radical (unpaired) electrons. The number of thiol groups is 1. The van der Waals surface area contributed by atoms with E-state index in [1.54, 1.807) is 20.8 Å². The maximum atomic E-state index is 13.5. The molecule has 1 aliphatic heterocycles. The molecule has 5 unspecified atom stereocenters. The molecule has 0 aromatic heterocycles. The van der Waals surface area contributed by atoms with Crippen molar-refractivity contribution < 1.29 is 29.7 Å². The highest BCUT2D eigenvalue weighted by Gasteiger charge is 2.58. The predicted molar refractivity (Wildman–Crippen MR) is 163 cm³/mol. The molecule has 1 aromatic carbocycles. The number of hydrogen-bond acceptors (Lipinski definition) is 6. The van der Waals surface area contributed by atoms with Gasteiger partial charge in [0.25, 0.3) is 5.91 Å². The van der Waals surface area contributed by atoms with Crippen LogP contribution in [-0.2, 0) is 24.6 Å². The van der Waals surface area contributed by atoms with E-state index in [1.807, 2.05) is 24.3 Å². The van der Waals surface area contributed by atoms with Gasteiger partial charge in [0.05, 0.1) is 29.7 Å². The van der Waals surface area contributed by atoms with Gasteiger partial charge < -0.3 is 21.7 Å². The smallest absolute Gasteiger partial charge is 0.251 e. The Balaban J connectivity index is 1.64. The van der Waals surface area contributed by atoms with Crippen molar-refractivity contribution in [2.75, 3.05) is 18.8 Å². The van der Waals surface area contributed by atoms with Crippen LogP contribution < -0.4 is 21.7 Å². The Morgan fingerprint density at radius 1 is 1.10 bits per heavy atom. The van der Waals surface area contributed by atoms with Gasteiger partial charge in [0.2, 0.25) is 23.6 Å². The lowest BCUT2D eigenvalue weighted by molar-refractivity contribution is -0.377. The van der Waals surface area contributed by atoms with Crippen molar-refractivity contribution in [2.24, 2.45) is 17.8 Å². The average Bonchev–Trinajstić information content (AvgIpc) is 2.92. The first kappa shape index (κ1) is 33.6. The molecule has 5 atom stereocenters. The normalized spacial score (nSPS) is 23.3. The summed E-state index contributed by atoms with van der Waals surface area (Å²) in [5, 5.41) is 8.75. The number of nitrogens with one attached hydrogen (secondary N) is 3. The van der Waals surface area contributed by atoms with Crippen LogP contribution in [0.2, 0.25) is 0 Å². The third-order valence-corrected chi connectivity index (χ3v) is 9.14. The van der Waals surface area contributed by atoms with Crippen LogP contribution in [0.1, 0.15) is 83.1 Å². The summed E-state index contributed by atoms with van der Waals surface area (Å²) in [6, 6.07) is 6.66. The van der Waals surface area contributed by atoms with Gasteiger partial charge >= 0.3 is 0 Å². The quantitative estimate of drug-likeness (QED) is 0.203. The van der Waals surface area contributed by atoms with Crippen LogP contribution in [0.5, 0.6) is 0 Å². The molecule has 1 aromatic rings. The molecular formula is C31H48N5O5S+. The number of quaternary nitrogens is 1. The minimum absolute atomic E-state index is 0.0147. The van der Waals surface area contributed by atoms with Crippen molar-refractivity contribution in [1.82, 2.24) is 20.9 Å². The van der Waals surface area contributed by atoms with Crippen LogP contribution >= 0.6 is 12.6 Å². The molecule has 232 valence electrons. The Hall–Kier alpha value is -2.92. The minimum Gasteiger partial charge on any atom is -0.357 e. The molecule has 3 rings (SSSR count). The van der Waals surface area contributed by atoms with E-state index in [9.17, 15) is 24.0 Å². The molecule has 11 heteroatoms. The van der Waals surface area contributed by atoms with Gasteiger partial charge in [0.1, 0.15) is 5.92 Å².